The third-order valence-electron chi connectivity index (χ3n) is 3.14. The smallest absolute Gasteiger partial charge is 0.340 e. The second-order valence-corrected chi connectivity index (χ2v) is 4.00. The molecule has 0 aliphatic heterocycles. The van der Waals surface area contributed by atoms with E-state index in [-0.39, 0.29) is 0 Å². The van der Waals surface area contributed by atoms with Gasteiger partial charge < -0.3 is 9.84 Å². The van der Waals surface area contributed by atoms with E-state index in [1.807, 2.05) is 25.1 Å². The lowest BCUT2D eigenvalue weighted by Crippen LogP contribution is -2.35. The van der Waals surface area contributed by atoms with Crippen molar-refractivity contribution in [3.05, 3.63) is 34.9 Å². The molecule has 80 valence electrons. The van der Waals surface area contributed by atoms with Gasteiger partial charge in [0.25, 0.3) is 0 Å². The number of fused-ring (bicyclic) bond motifs is 1. The highest BCUT2D eigenvalue weighted by atomic mass is 16.5. The maximum Gasteiger partial charge on any atom is 0.340 e. The fourth-order valence-corrected chi connectivity index (χ4v) is 2.29. The van der Waals surface area contributed by atoms with Crippen LogP contribution in [0, 0.1) is 6.92 Å². The molecular formula is C12H14O3. The molecule has 0 spiro atoms. The largest absolute Gasteiger partial charge is 0.479 e. The minimum absolute atomic E-state index is 0.525. The van der Waals surface area contributed by atoms with Crippen LogP contribution in [0.3, 0.4) is 0 Å². The number of benzene rings is 1. The summed E-state index contributed by atoms with van der Waals surface area (Å²) in [5.41, 5.74) is 1.94. The van der Waals surface area contributed by atoms with Gasteiger partial charge in [-0.3, -0.25) is 0 Å². The van der Waals surface area contributed by atoms with Crippen LogP contribution in [0.5, 0.6) is 0 Å². The molecule has 0 fully saturated rings. The Kier molecular flexibility index (Phi) is 2.27. The molecule has 0 heterocycles. The summed E-state index contributed by atoms with van der Waals surface area (Å²) in [7, 11) is 1.46. The van der Waals surface area contributed by atoms with Crippen LogP contribution in [0.15, 0.2) is 18.2 Å². The molecule has 1 N–H and O–H groups in total. The van der Waals surface area contributed by atoms with Gasteiger partial charge in [-0.25, -0.2) is 4.79 Å². The number of methoxy groups -OCH3 is 1. The van der Waals surface area contributed by atoms with Crippen molar-refractivity contribution in [2.45, 2.75) is 25.4 Å². The maximum absolute atomic E-state index is 11.3. The molecule has 1 unspecified atom stereocenters. The predicted molar refractivity (Wildman–Crippen MR) is 55.8 cm³/mol. The Bertz CT molecular complexity index is 411. The van der Waals surface area contributed by atoms with Crippen molar-refractivity contribution >= 4 is 5.97 Å². The quantitative estimate of drug-likeness (QED) is 0.803. The van der Waals surface area contributed by atoms with Crippen LogP contribution in [-0.2, 0) is 21.6 Å². The second kappa shape index (κ2) is 3.35. The van der Waals surface area contributed by atoms with Crippen molar-refractivity contribution in [3.63, 3.8) is 0 Å². The number of carbonyl (C=O) groups is 1. The summed E-state index contributed by atoms with van der Waals surface area (Å²) in [5, 5.41) is 9.25. The first-order valence-electron chi connectivity index (χ1n) is 4.99. The third kappa shape index (κ3) is 1.35. The molecule has 0 aromatic heterocycles. The molecular weight excluding hydrogens is 192 g/mol. The van der Waals surface area contributed by atoms with Gasteiger partial charge in [-0.05, 0) is 30.9 Å². The monoisotopic (exact) mass is 206 g/mol. The Balaban J connectivity index is 2.56. The number of carboxylic acid groups (broad SMARTS) is 1. The van der Waals surface area contributed by atoms with Crippen LogP contribution in [0.1, 0.15) is 23.1 Å². The minimum atomic E-state index is -1.12. The first-order valence-corrected chi connectivity index (χ1v) is 4.99. The summed E-state index contributed by atoms with van der Waals surface area (Å²) in [4.78, 5) is 11.3. The van der Waals surface area contributed by atoms with Crippen LogP contribution in [0.2, 0.25) is 0 Å². The molecule has 1 aliphatic rings. The Hall–Kier alpha value is -1.35. The first-order chi connectivity index (χ1) is 7.10. The van der Waals surface area contributed by atoms with Crippen molar-refractivity contribution < 1.29 is 14.6 Å². The highest BCUT2D eigenvalue weighted by Crippen LogP contribution is 2.40. The molecule has 0 saturated heterocycles. The predicted octanol–water partition coefficient (Wildman–Crippen LogP) is 1.87. The van der Waals surface area contributed by atoms with Gasteiger partial charge in [-0.15, -0.1) is 0 Å². The van der Waals surface area contributed by atoms with E-state index in [0.29, 0.717) is 6.42 Å². The topological polar surface area (TPSA) is 46.5 Å². The van der Waals surface area contributed by atoms with Gasteiger partial charge in [-0.1, -0.05) is 23.8 Å². The van der Waals surface area contributed by atoms with E-state index in [4.69, 9.17) is 4.74 Å². The maximum atomic E-state index is 11.3. The molecule has 0 saturated carbocycles. The Morgan fingerprint density at radius 1 is 1.53 bits per heavy atom. The van der Waals surface area contributed by atoms with E-state index in [9.17, 15) is 9.90 Å². The number of hydrogen-bond donors (Lipinski definition) is 1. The zero-order valence-electron chi connectivity index (χ0n) is 8.91. The standard InChI is InChI=1S/C12H14O3/c1-8-3-4-10-9(7-8)5-6-12(10,15-2)11(13)14/h3-4,7H,5-6H2,1-2H3,(H,13,14). The average molecular weight is 206 g/mol. The molecule has 3 heteroatoms. The van der Waals surface area contributed by atoms with Crippen molar-refractivity contribution in [1.29, 1.82) is 0 Å². The summed E-state index contributed by atoms with van der Waals surface area (Å²) in [6, 6.07) is 5.84. The molecule has 1 aliphatic carbocycles. The van der Waals surface area contributed by atoms with Gasteiger partial charge in [0.15, 0.2) is 5.60 Å². The molecule has 0 bridgehead atoms. The first kappa shape index (κ1) is 10.2. The Labute approximate surface area is 88.7 Å². The van der Waals surface area contributed by atoms with Crippen molar-refractivity contribution in [2.24, 2.45) is 0 Å². The summed E-state index contributed by atoms with van der Waals surface area (Å²) < 4.78 is 5.23. The Morgan fingerprint density at radius 3 is 2.87 bits per heavy atom. The zero-order chi connectivity index (χ0) is 11.1. The molecule has 15 heavy (non-hydrogen) atoms. The zero-order valence-corrected chi connectivity index (χ0v) is 8.91. The number of ether oxygens (including phenoxy) is 1. The second-order valence-electron chi connectivity index (χ2n) is 4.00. The van der Waals surface area contributed by atoms with Gasteiger partial charge in [-0.2, -0.15) is 0 Å². The normalized spacial score (nSPS) is 23.9. The number of hydrogen-bond acceptors (Lipinski definition) is 2. The van der Waals surface area contributed by atoms with Crippen LogP contribution in [0.4, 0.5) is 0 Å². The molecule has 0 radical (unpaired) electrons. The van der Waals surface area contributed by atoms with E-state index in [0.717, 1.165) is 23.1 Å². The molecule has 1 atom stereocenters. The van der Waals surface area contributed by atoms with Crippen molar-refractivity contribution in [2.75, 3.05) is 7.11 Å². The highest BCUT2D eigenvalue weighted by Gasteiger charge is 2.45. The molecule has 3 nitrogen and oxygen atoms in total. The van der Waals surface area contributed by atoms with Gasteiger partial charge in [0, 0.05) is 7.11 Å². The van der Waals surface area contributed by atoms with E-state index in [1.54, 1.807) is 0 Å². The lowest BCUT2D eigenvalue weighted by atomic mass is 9.95. The van der Waals surface area contributed by atoms with Gasteiger partial charge in [0.05, 0.1) is 0 Å². The minimum Gasteiger partial charge on any atom is -0.479 e. The SMILES string of the molecule is COC1(C(=O)O)CCc2cc(C)ccc21. The van der Waals surface area contributed by atoms with Gasteiger partial charge in [0.1, 0.15) is 0 Å². The van der Waals surface area contributed by atoms with Crippen LogP contribution in [0.25, 0.3) is 0 Å². The van der Waals surface area contributed by atoms with Crippen molar-refractivity contribution in [3.8, 4) is 0 Å². The lowest BCUT2D eigenvalue weighted by Gasteiger charge is -2.23. The number of rotatable bonds is 2. The average Bonchev–Trinajstić information content (AvgIpc) is 2.56. The molecule has 1 aromatic rings. The van der Waals surface area contributed by atoms with Crippen LogP contribution >= 0.6 is 0 Å². The Morgan fingerprint density at radius 2 is 2.27 bits per heavy atom. The molecule has 2 rings (SSSR count). The van der Waals surface area contributed by atoms with E-state index >= 15 is 0 Å². The summed E-state index contributed by atoms with van der Waals surface area (Å²) in [5.74, 6) is -0.896. The number of carboxylic acids is 1. The summed E-state index contributed by atoms with van der Waals surface area (Å²) in [6.45, 7) is 2.01. The molecule has 0 amide bonds. The summed E-state index contributed by atoms with van der Waals surface area (Å²) >= 11 is 0. The van der Waals surface area contributed by atoms with E-state index in [2.05, 4.69) is 0 Å². The lowest BCUT2D eigenvalue weighted by molar-refractivity contribution is -0.163. The van der Waals surface area contributed by atoms with Gasteiger partial charge in [0.2, 0.25) is 0 Å². The van der Waals surface area contributed by atoms with Gasteiger partial charge >= 0.3 is 5.97 Å². The fourth-order valence-electron chi connectivity index (χ4n) is 2.29. The van der Waals surface area contributed by atoms with E-state index in [1.165, 1.54) is 7.11 Å². The number of aryl methyl sites for hydroxylation is 2. The number of aliphatic carboxylic acids is 1. The third-order valence-corrected chi connectivity index (χ3v) is 3.14. The highest BCUT2D eigenvalue weighted by molar-refractivity contribution is 5.81. The van der Waals surface area contributed by atoms with E-state index < -0.39 is 11.6 Å². The van der Waals surface area contributed by atoms with Crippen LogP contribution in [-0.4, -0.2) is 18.2 Å². The summed E-state index contributed by atoms with van der Waals surface area (Å²) in [6.07, 6.45) is 1.30. The fraction of sp³-hybridized carbons (Fsp3) is 0.417. The van der Waals surface area contributed by atoms with Crippen LogP contribution < -0.4 is 0 Å². The van der Waals surface area contributed by atoms with Crippen molar-refractivity contribution in [1.82, 2.24) is 0 Å². The molecule has 1 aromatic carbocycles.